The maximum absolute atomic E-state index is 13.2. The molecule has 0 aromatic heterocycles. The van der Waals surface area contributed by atoms with E-state index in [9.17, 15) is 9.18 Å². The molecule has 1 aliphatic heterocycles. The van der Waals surface area contributed by atoms with Crippen molar-refractivity contribution in [3.05, 3.63) is 34.1 Å². The van der Waals surface area contributed by atoms with Crippen LogP contribution >= 0.6 is 15.9 Å². The van der Waals surface area contributed by atoms with Gasteiger partial charge in [0.2, 0.25) is 0 Å². The first kappa shape index (κ1) is 13.0. The van der Waals surface area contributed by atoms with Crippen LogP contribution in [0.1, 0.15) is 24.9 Å². The van der Waals surface area contributed by atoms with Crippen molar-refractivity contribution < 1.29 is 9.18 Å². The molecule has 0 saturated heterocycles. The van der Waals surface area contributed by atoms with Crippen molar-refractivity contribution in [3.8, 4) is 0 Å². The van der Waals surface area contributed by atoms with E-state index in [1.54, 1.807) is 17.0 Å². The molecular weight excluding hydrogens is 301 g/mol. The molecular formula is C12H13BrFN3O. The number of nitrogens with two attached hydrogens (primary N) is 1. The Hall–Kier alpha value is -1.43. The van der Waals surface area contributed by atoms with E-state index < -0.39 is 6.04 Å². The number of carbonyl (C=O) groups is 1. The first-order valence-corrected chi connectivity index (χ1v) is 6.43. The number of amidine groups is 1. The third kappa shape index (κ3) is 2.25. The minimum Gasteiger partial charge on any atom is -0.385 e. The van der Waals surface area contributed by atoms with Crippen LogP contribution in [0.25, 0.3) is 0 Å². The van der Waals surface area contributed by atoms with Gasteiger partial charge in [0, 0.05) is 6.54 Å². The lowest BCUT2D eigenvalue weighted by Gasteiger charge is -2.24. The first-order valence-electron chi connectivity index (χ1n) is 5.64. The van der Waals surface area contributed by atoms with Crippen molar-refractivity contribution in [2.75, 3.05) is 6.54 Å². The number of amides is 2. The fraction of sp³-hybridized carbons (Fsp3) is 0.333. The molecule has 4 nitrogen and oxygen atoms in total. The summed E-state index contributed by atoms with van der Waals surface area (Å²) in [6.45, 7) is 2.54. The fourth-order valence-electron chi connectivity index (χ4n) is 2.00. The highest BCUT2D eigenvalue weighted by atomic mass is 79.9. The number of carbonyl (C=O) groups excluding carboxylic acids is 1. The zero-order valence-electron chi connectivity index (χ0n) is 9.86. The van der Waals surface area contributed by atoms with Gasteiger partial charge in [-0.3, -0.25) is 0 Å². The highest BCUT2D eigenvalue weighted by Gasteiger charge is 2.34. The zero-order valence-corrected chi connectivity index (χ0v) is 11.4. The lowest BCUT2D eigenvalue weighted by molar-refractivity contribution is 0.206. The van der Waals surface area contributed by atoms with Crippen LogP contribution < -0.4 is 5.73 Å². The van der Waals surface area contributed by atoms with Gasteiger partial charge in [-0.1, -0.05) is 13.0 Å². The van der Waals surface area contributed by atoms with Gasteiger partial charge in [0.15, 0.2) is 0 Å². The number of aliphatic imine (C=N–C) groups is 1. The number of halogens is 2. The van der Waals surface area contributed by atoms with Crippen LogP contribution in [-0.2, 0) is 0 Å². The van der Waals surface area contributed by atoms with Crippen LogP contribution in [0.3, 0.4) is 0 Å². The summed E-state index contributed by atoms with van der Waals surface area (Å²) in [5.74, 6) is -0.0902. The Bertz CT molecular complexity index is 518. The third-order valence-corrected chi connectivity index (χ3v) is 3.39. The zero-order chi connectivity index (χ0) is 13.3. The number of rotatable bonds is 3. The smallest absolute Gasteiger partial charge is 0.346 e. The van der Waals surface area contributed by atoms with Crippen LogP contribution in [0, 0.1) is 5.82 Å². The molecule has 1 atom stereocenters. The highest BCUT2D eigenvalue weighted by molar-refractivity contribution is 9.10. The molecule has 96 valence electrons. The topological polar surface area (TPSA) is 58.7 Å². The van der Waals surface area contributed by atoms with Crippen molar-refractivity contribution in [3.63, 3.8) is 0 Å². The van der Waals surface area contributed by atoms with Gasteiger partial charge < -0.3 is 10.6 Å². The first-order chi connectivity index (χ1) is 8.54. The Morgan fingerprint density at radius 3 is 2.89 bits per heavy atom. The van der Waals surface area contributed by atoms with Gasteiger partial charge in [-0.2, -0.15) is 4.99 Å². The van der Waals surface area contributed by atoms with E-state index in [0.29, 0.717) is 11.0 Å². The van der Waals surface area contributed by atoms with E-state index in [1.807, 2.05) is 6.92 Å². The average molecular weight is 314 g/mol. The van der Waals surface area contributed by atoms with Crippen molar-refractivity contribution in [1.29, 1.82) is 0 Å². The van der Waals surface area contributed by atoms with E-state index in [-0.39, 0.29) is 17.7 Å². The maximum Gasteiger partial charge on any atom is 0.346 e. The Labute approximate surface area is 113 Å². The Balaban J connectivity index is 2.37. The van der Waals surface area contributed by atoms with E-state index in [4.69, 9.17) is 5.73 Å². The largest absolute Gasteiger partial charge is 0.385 e. The molecule has 1 unspecified atom stereocenters. The monoisotopic (exact) mass is 313 g/mol. The standard InChI is InChI=1S/C12H13BrFN3O/c1-2-5-17-10(11(15)16-12(17)18)7-3-4-9(14)8(13)6-7/h3-4,6,10H,2,5H2,1H3,(H2,15,16,18). The number of hydrogen-bond acceptors (Lipinski definition) is 2. The Kier molecular flexibility index (Phi) is 3.65. The van der Waals surface area contributed by atoms with Crippen molar-refractivity contribution in [2.24, 2.45) is 10.7 Å². The molecule has 1 aromatic carbocycles. The normalized spacial score (nSPS) is 19.3. The SMILES string of the molecule is CCCN1C(=O)N=C(N)C1c1ccc(F)c(Br)c1. The number of nitrogens with zero attached hydrogens (tertiary/aromatic N) is 2. The van der Waals surface area contributed by atoms with Gasteiger partial charge >= 0.3 is 6.03 Å². The Morgan fingerprint density at radius 2 is 2.28 bits per heavy atom. The van der Waals surface area contributed by atoms with E-state index >= 15 is 0 Å². The summed E-state index contributed by atoms with van der Waals surface area (Å²) in [5, 5.41) is 0. The third-order valence-electron chi connectivity index (χ3n) is 2.79. The van der Waals surface area contributed by atoms with Gasteiger partial charge in [0.25, 0.3) is 0 Å². The van der Waals surface area contributed by atoms with Gasteiger partial charge in [-0.15, -0.1) is 0 Å². The molecule has 6 heteroatoms. The molecule has 2 N–H and O–H groups in total. The second kappa shape index (κ2) is 5.06. The van der Waals surface area contributed by atoms with Crippen LogP contribution in [-0.4, -0.2) is 23.3 Å². The maximum atomic E-state index is 13.2. The van der Waals surface area contributed by atoms with Crippen molar-refractivity contribution in [1.82, 2.24) is 4.90 Å². The van der Waals surface area contributed by atoms with Crippen molar-refractivity contribution in [2.45, 2.75) is 19.4 Å². The lowest BCUT2D eigenvalue weighted by atomic mass is 10.1. The van der Waals surface area contributed by atoms with Crippen LogP contribution in [0.5, 0.6) is 0 Å². The van der Waals surface area contributed by atoms with Crippen molar-refractivity contribution >= 4 is 27.8 Å². The average Bonchev–Trinajstić information content (AvgIpc) is 2.59. The predicted molar refractivity (Wildman–Crippen MR) is 70.9 cm³/mol. The molecule has 0 aliphatic carbocycles. The van der Waals surface area contributed by atoms with Gasteiger partial charge in [-0.05, 0) is 40.0 Å². The molecule has 0 saturated carbocycles. The fourth-order valence-corrected chi connectivity index (χ4v) is 2.40. The number of urea groups is 1. The molecule has 2 rings (SSSR count). The summed E-state index contributed by atoms with van der Waals surface area (Å²) in [4.78, 5) is 17.0. The molecule has 1 aromatic rings. The lowest BCUT2D eigenvalue weighted by Crippen LogP contribution is -2.33. The molecule has 1 heterocycles. The second-order valence-corrected chi connectivity index (χ2v) is 4.94. The van der Waals surface area contributed by atoms with Crippen LogP contribution in [0.15, 0.2) is 27.7 Å². The summed E-state index contributed by atoms with van der Waals surface area (Å²) in [5.41, 5.74) is 6.54. The summed E-state index contributed by atoms with van der Waals surface area (Å²) in [6.07, 6.45) is 0.813. The molecule has 0 bridgehead atoms. The summed E-state index contributed by atoms with van der Waals surface area (Å²) in [7, 11) is 0. The summed E-state index contributed by atoms with van der Waals surface area (Å²) in [6, 6.07) is 3.87. The van der Waals surface area contributed by atoms with E-state index in [2.05, 4.69) is 20.9 Å². The molecule has 0 fully saturated rings. The molecule has 2 amide bonds. The molecule has 18 heavy (non-hydrogen) atoms. The second-order valence-electron chi connectivity index (χ2n) is 4.09. The summed E-state index contributed by atoms with van der Waals surface area (Å²) < 4.78 is 13.6. The van der Waals surface area contributed by atoms with Gasteiger partial charge in [0.1, 0.15) is 17.7 Å². The van der Waals surface area contributed by atoms with Gasteiger partial charge in [-0.25, -0.2) is 9.18 Å². The predicted octanol–water partition coefficient (Wildman–Crippen LogP) is 2.83. The molecule has 0 radical (unpaired) electrons. The van der Waals surface area contributed by atoms with E-state index in [0.717, 1.165) is 12.0 Å². The van der Waals surface area contributed by atoms with Crippen LogP contribution in [0.2, 0.25) is 0 Å². The van der Waals surface area contributed by atoms with Gasteiger partial charge in [0.05, 0.1) is 4.47 Å². The van der Waals surface area contributed by atoms with E-state index in [1.165, 1.54) is 6.07 Å². The number of hydrogen-bond donors (Lipinski definition) is 1. The quantitative estimate of drug-likeness (QED) is 0.932. The highest BCUT2D eigenvalue weighted by Crippen LogP contribution is 2.29. The molecule has 0 spiro atoms. The number of benzene rings is 1. The minimum atomic E-state index is -0.394. The Morgan fingerprint density at radius 1 is 1.56 bits per heavy atom. The molecule has 1 aliphatic rings. The summed E-state index contributed by atoms with van der Waals surface area (Å²) >= 11 is 3.13. The minimum absolute atomic E-state index is 0.256. The van der Waals surface area contributed by atoms with Crippen LogP contribution in [0.4, 0.5) is 9.18 Å².